The van der Waals surface area contributed by atoms with Crippen molar-refractivity contribution in [2.24, 2.45) is 0 Å². The van der Waals surface area contributed by atoms with Gasteiger partial charge >= 0.3 is 12.1 Å². The van der Waals surface area contributed by atoms with E-state index >= 15 is 0 Å². The van der Waals surface area contributed by atoms with Gasteiger partial charge in [0.1, 0.15) is 5.56 Å². The molecule has 0 aliphatic carbocycles. The Balaban J connectivity index is 1.84. The number of nitrogens with zero attached hydrogens (tertiary/aromatic N) is 3. The first-order valence-electron chi connectivity index (χ1n) is 7.08. The van der Waals surface area contributed by atoms with E-state index < -0.39 is 23.4 Å². The zero-order chi connectivity index (χ0) is 19.8. The van der Waals surface area contributed by atoms with Crippen LogP contribution >= 0.6 is 46.3 Å². The number of rotatable bonds is 5. The molecule has 0 amide bonds. The highest BCUT2D eigenvalue weighted by Crippen LogP contribution is 2.35. The third-order valence-corrected chi connectivity index (χ3v) is 5.90. The molecular weight excluding hydrogens is 446 g/mol. The summed E-state index contributed by atoms with van der Waals surface area (Å²) in [4.78, 5) is 16.0. The summed E-state index contributed by atoms with van der Waals surface area (Å²) in [6, 6.07) is 5.09. The summed E-state index contributed by atoms with van der Waals surface area (Å²) in [5.74, 6) is -1.33. The lowest BCUT2D eigenvalue weighted by molar-refractivity contribution is -0.143. The lowest BCUT2D eigenvalue weighted by atomic mass is 10.2. The van der Waals surface area contributed by atoms with Crippen molar-refractivity contribution in [3.05, 3.63) is 56.8 Å². The molecule has 1 N–H and O–H groups in total. The number of aromatic carboxylic acids is 1. The van der Waals surface area contributed by atoms with Crippen LogP contribution in [0.4, 0.5) is 13.2 Å². The number of benzene rings is 1. The second kappa shape index (κ2) is 7.70. The normalized spacial score (nSPS) is 11.7. The van der Waals surface area contributed by atoms with E-state index in [-0.39, 0.29) is 5.13 Å². The van der Waals surface area contributed by atoms with Gasteiger partial charge in [0, 0.05) is 16.0 Å². The van der Waals surface area contributed by atoms with Crippen molar-refractivity contribution >= 4 is 52.3 Å². The summed E-state index contributed by atoms with van der Waals surface area (Å²) in [6.45, 7) is 0. The summed E-state index contributed by atoms with van der Waals surface area (Å²) < 4.78 is 40.3. The molecule has 0 aliphatic rings. The molecule has 1 aromatic carbocycles. The summed E-state index contributed by atoms with van der Waals surface area (Å²) >= 11 is 14.1. The Morgan fingerprint density at radius 3 is 2.67 bits per heavy atom. The highest BCUT2D eigenvalue weighted by molar-refractivity contribution is 7.98. The third kappa shape index (κ3) is 4.40. The van der Waals surface area contributed by atoms with Gasteiger partial charge in [-0.25, -0.2) is 14.5 Å². The van der Waals surface area contributed by atoms with Crippen LogP contribution in [-0.2, 0) is 11.9 Å². The van der Waals surface area contributed by atoms with Gasteiger partial charge in [-0.2, -0.15) is 18.3 Å². The molecule has 0 bridgehead atoms. The van der Waals surface area contributed by atoms with E-state index in [0.29, 0.717) is 32.4 Å². The third-order valence-electron chi connectivity index (χ3n) is 3.27. The first-order valence-corrected chi connectivity index (χ1v) is 9.70. The van der Waals surface area contributed by atoms with E-state index in [9.17, 15) is 18.0 Å². The van der Waals surface area contributed by atoms with Crippen LogP contribution in [0, 0.1) is 0 Å². The molecule has 0 saturated carbocycles. The molecule has 0 unspecified atom stereocenters. The minimum absolute atomic E-state index is 0.0698. The summed E-state index contributed by atoms with van der Waals surface area (Å²) in [5.41, 5.74) is -1.77. The van der Waals surface area contributed by atoms with Crippen molar-refractivity contribution in [1.82, 2.24) is 14.8 Å². The number of halogens is 5. The van der Waals surface area contributed by atoms with Crippen LogP contribution in [0.5, 0.6) is 0 Å². The number of carboxylic acid groups (broad SMARTS) is 1. The maximum absolute atomic E-state index is 13.3. The predicted molar refractivity (Wildman–Crippen MR) is 97.2 cm³/mol. The number of hydrogen-bond donors (Lipinski definition) is 1. The molecular formula is C15H8Cl2F3N3O2S2. The summed E-state index contributed by atoms with van der Waals surface area (Å²) in [7, 11) is 0. The molecule has 0 atom stereocenters. The van der Waals surface area contributed by atoms with Gasteiger partial charge in [0.15, 0.2) is 5.69 Å². The molecule has 2 aromatic heterocycles. The van der Waals surface area contributed by atoms with Gasteiger partial charge in [-0.3, -0.25) is 0 Å². The highest BCUT2D eigenvalue weighted by atomic mass is 35.5. The quantitative estimate of drug-likeness (QED) is 0.505. The van der Waals surface area contributed by atoms with Gasteiger partial charge in [0.25, 0.3) is 0 Å². The average Bonchev–Trinajstić information content (AvgIpc) is 3.21. The summed E-state index contributed by atoms with van der Waals surface area (Å²) in [5, 5.41) is 14.8. The van der Waals surface area contributed by atoms with Gasteiger partial charge in [0.05, 0.1) is 21.9 Å². The smallest absolute Gasteiger partial charge is 0.434 e. The molecule has 12 heteroatoms. The van der Waals surface area contributed by atoms with Crippen LogP contribution in [0.3, 0.4) is 0 Å². The van der Waals surface area contributed by atoms with E-state index in [1.54, 1.807) is 23.6 Å². The number of carbonyl (C=O) groups is 1. The molecule has 0 radical (unpaired) electrons. The Bertz CT molecular complexity index is 1000. The minimum atomic E-state index is -4.88. The molecule has 3 rings (SSSR count). The van der Waals surface area contributed by atoms with Crippen molar-refractivity contribution in [3.8, 4) is 5.13 Å². The topological polar surface area (TPSA) is 68.0 Å². The first-order chi connectivity index (χ1) is 12.7. The Kier molecular flexibility index (Phi) is 5.71. The zero-order valence-electron chi connectivity index (χ0n) is 13.0. The second-order valence-corrected chi connectivity index (χ2v) is 7.81. The number of thiazole rings is 1. The molecule has 5 nitrogen and oxygen atoms in total. The highest BCUT2D eigenvalue weighted by Gasteiger charge is 2.41. The van der Waals surface area contributed by atoms with E-state index in [1.165, 1.54) is 11.8 Å². The Morgan fingerprint density at radius 2 is 2.04 bits per heavy atom. The van der Waals surface area contributed by atoms with E-state index in [4.69, 9.17) is 28.3 Å². The molecule has 0 fully saturated rings. The van der Waals surface area contributed by atoms with Crippen LogP contribution in [0.1, 0.15) is 21.7 Å². The molecule has 0 spiro atoms. The van der Waals surface area contributed by atoms with Gasteiger partial charge in [0.2, 0.25) is 5.13 Å². The maximum Gasteiger partial charge on any atom is 0.434 e. The molecule has 27 heavy (non-hydrogen) atoms. The number of carboxylic acids is 1. The monoisotopic (exact) mass is 453 g/mol. The van der Waals surface area contributed by atoms with Crippen LogP contribution < -0.4 is 0 Å². The van der Waals surface area contributed by atoms with Gasteiger partial charge in [-0.05, 0) is 18.2 Å². The van der Waals surface area contributed by atoms with Gasteiger partial charge in [-0.1, -0.05) is 23.2 Å². The molecule has 3 aromatic rings. The minimum Gasteiger partial charge on any atom is -0.478 e. The summed E-state index contributed by atoms with van der Waals surface area (Å²) in [6.07, 6.45) is -4.22. The Hall–Kier alpha value is -1.75. The number of hydrogen-bond acceptors (Lipinski definition) is 5. The largest absolute Gasteiger partial charge is 0.478 e. The fraction of sp³-hybridized carbons (Fsp3) is 0.133. The second-order valence-electron chi connectivity index (χ2n) is 5.11. The number of aromatic nitrogens is 3. The standard InChI is InChI=1S/C15H8Cl2F3N3O2S2/c16-10-2-1-8(3-11(10)17)26-5-7-6-27-14(22-7)23-12(15(18,19)20)9(4-21-23)13(24)25/h1-4,6H,5H2,(H,24,25). The van der Waals surface area contributed by atoms with Crippen LogP contribution in [-0.4, -0.2) is 25.8 Å². The van der Waals surface area contributed by atoms with Crippen LogP contribution in [0.2, 0.25) is 10.0 Å². The van der Waals surface area contributed by atoms with Crippen molar-refractivity contribution in [2.45, 2.75) is 16.8 Å². The van der Waals surface area contributed by atoms with E-state index in [1.807, 2.05) is 0 Å². The number of alkyl halides is 3. The molecule has 0 saturated heterocycles. The molecule has 2 heterocycles. The van der Waals surface area contributed by atoms with E-state index in [2.05, 4.69) is 10.1 Å². The van der Waals surface area contributed by atoms with Gasteiger partial charge < -0.3 is 5.11 Å². The fourth-order valence-electron chi connectivity index (χ4n) is 2.11. The first kappa shape index (κ1) is 20.0. The van der Waals surface area contributed by atoms with E-state index in [0.717, 1.165) is 16.2 Å². The SMILES string of the molecule is O=C(O)c1cnn(-c2nc(CSc3ccc(Cl)c(Cl)c3)cs2)c1C(F)(F)F. The lowest BCUT2D eigenvalue weighted by Gasteiger charge is -2.09. The maximum atomic E-state index is 13.3. The van der Waals surface area contributed by atoms with Gasteiger partial charge in [-0.15, -0.1) is 23.1 Å². The molecule has 142 valence electrons. The van der Waals surface area contributed by atoms with Crippen molar-refractivity contribution in [2.75, 3.05) is 0 Å². The molecule has 0 aliphatic heterocycles. The van der Waals surface area contributed by atoms with Crippen LogP contribution in [0.15, 0.2) is 34.7 Å². The van der Waals surface area contributed by atoms with Crippen LogP contribution in [0.25, 0.3) is 5.13 Å². The van der Waals surface area contributed by atoms with Crippen molar-refractivity contribution in [1.29, 1.82) is 0 Å². The predicted octanol–water partition coefficient (Wildman–Crippen LogP) is 5.64. The van der Waals surface area contributed by atoms with Crippen molar-refractivity contribution in [3.63, 3.8) is 0 Å². The Morgan fingerprint density at radius 1 is 1.30 bits per heavy atom. The average molecular weight is 454 g/mol. The lowest BCUT2D eigenvalue weighted by Crippen LogP contribution is -2.17. The van der Waals surface area contributed by atoms with Crippen molar-refractivity contribution < 1.29 is 23.1 Å². The number of thioether (sulfide) groups is 1. The Labute approximate surface area is 168 Å². The zero-order valence-corrected chi connectivity index (χ0v) is 16.1. The fourth-order valence-corrected chi connectivity index (χ4v) is 4.19.